The third kappa shape index (κ3) is 19.3. The zero-order valence-corrected chi connectivity index (χ0v) is 24.4. The molecule has 1 rings (SSSR count). The van der Waals surface area contributed by atoms with Crippen LogP contribution in [0.2, 0.25) is 0 Å². The van der Waals surface area contributed by atoms with Gasteiger partial charge in [-0.25, -0.2) is 4.79 Å². The van der Waals surface area contributed by atoms with Gasteiger partial charge in [0.15, 0.2) is 0 Å². The molecule has 0 saturated carbocycles. The summed E-state index contributed by atoms with van der Waals surface area (Å²) in [5.41, 5.74) is -0.292. The molecule has 1 amide bonds. The van der Waals surface area contributed by atoms with E-state index in [2.05, 4.69) is 84.1 Å². The fraction of sp³-hybridized carbons (Fsp3) is 0.441. The number of carbonyl (C=O) groups excluding carboxylic acids is 2. The molecule has 0 aliphatic heterocycles. The van der Waals surface area contributed by atoms with Gasteiger partial charge in [-0.1, -0.05) is 79.8 Å². The number of allylic oxidation sites excluding steroid dienone is 12. The summed E-state index contributed by atoms with van der Waals surface area (Å²) in [6.07, 6.45) is 36.6. The van der Waals surface area contributed by atoms with Gasteiger partial charge in [-0.05, 0) is 77.8 Å². The van der Waals surface area contributed by atoms with Crippen molar-refractivity contribution in [2.75, 3.05) is 0 Å². The number of aromatic nitrogens is 1. The van der Waals surface area contributed by atoms with Crippen molar-refractivity contribution in [1.29, 1.82) is 0 Å². The smallest absolute Gasteiger partial charge is 0.340 e. The van der Waals surface area contributed by atoms with Gasteiger partial charge in [-0.15, -0.1) is 0 Å². The lowest BCUT2D eigenvalue weighted by molar-refractivity contribution is -0.121. The predicted molar refractivity (Wildman–Crippen MR) is 163 cm³/mol. The number of hydrogen-bond donors (Lipinski definition) is 1. The Balaban J connectivity index is 2.12. The molecule has 5 heteroatoms. The molecule has 1 unspecified atom stereocenters. The van der Waals surface area contributed by atoms with E-state index in [1.807, 2.05) is 26.8 Å². The lowest BCUT2D eigenvalue weighted by Gasteiger charge is -2.28. The topological polar surface area (TPSA) is 68.3 Å². The van der Waals surface area contributed by atoms with Crippen molar-refractivity contribution >= 4 is 11.9 Å². The first-order valence-corrected chi connectivity index (χ1v) is 14.2. The number of nitrogens with zero attached hydrogens (tertiary/aromatic N) is 1. The van der Waals surface area contributed by atoms with E-state index in [9.17, 15) is 9.59 Å². The summed E-state index contributed by atoms with van der Waals surface area (Å²) in [6, 6.07) is 3.26. The number of pyridine rings is 1. The largest absolute Gasteiger partial charge is 0.456 e. The Bertz CT molecular complexity index is 985. The summed E-state index contributed by atoms with van der Waals surface area (Å²) in [5, 5.41) is 3.00. The van der Waals surface area contributed by atoms with E-state index in [-0.39, 0.29) is 11.9 Å². The Morgan fingerprint density at radius 1 is 0.872 bits per heavy atom. The number of esters is 1. The Labute approximate surface area is 236 Å². The third-order valence-electron chi connectivity index (χ3n) is 5.61. The van der Waals surface area contributed by atoms with Crippen LogP contribution < -0.4 is 5.32 Å². The van der Waals surface area contributed by atoms with Crippen LogP contribution in [0.3, 0.4) is 0 Å². The zero-order valence-electron chi connectivity index (χ0n) is 24.4. The maximum atomic E-state index is 12.3. The van der Waals surface area contributed by atoms with E-state index < -0.39 is 11.6 Å². The second-order valence-electron chi connectivity index (χ2n) is 10.0. The number of nitrogens with one attached hydrogen (secondary N) is 1. The first-order chi connectivity index (χ1) is 18.8. The molecule has 5 nitrogen and oxygen atoms in total. The second-order valence-corrected chi connectivity index (χ2v) is 10.0. The van der Waals surface area contributed by atoms with Gasteiger partial charge in [0.2, 0.25) is 5.91 Å². The molecule has 0 aliphatic carbocycles. The van der Waals surface area contributed by atoms with E-state index >= 15 is 0 Å². The van der Waals surface area contributed by atoms with E-state index in [1.165, 1.54) is 6.20 Å². The van der Waals surface area contributed by atoms with Crippen LogP contribution in [0.25, 0.3) is 0 Å². The number of rotatable bonds is 19. The molecule has 1 heterocycles. The maximum absolute atomic E-state index is 12.3. The Morgan fingerprint density at radius 2 is 1.38 bits per heavy atom. The highest BCUT2D eigenvalue weighted by atomic mass is 16.6. The second kappa shape index (κ2) is 21.5. The molecule has 212 valence electrons. The molecule has 1 aromatic heterocycles. The van der Waals surface area contributed by atoms with Gasteiger partial charge in [-0.2, -0.15) is 0 Å². The number of carbonyl (C=O) groups is 2. The van der Waals surface area contributed by atoms with Crippen LogP contribution in [0.1, 0.15) is 95.8 Å². The monoisotopic (exact) mass is 532 g/mol. The summed E-state index contributed by atoms with van der Waals surface area (Å²) < 4.78 is 5.62. The molecule has 0 spiro atoms. The quantitative estimate of drug-likeness (QED) is 0.143. The normalized spacial score (nSPS) is 13.5. The highest BCUT2D eigenvalue weighted by Crippen LogP contribution is 2.19. The van der Waals surface area contributed by atoms with Gasteiger partial charge < -0.3 is 10.1 Å². The van der Waals surface area contributed by atoms with Crippen LogP contribution in [-0.4, -0.2) is 28.5 Å². The Morgan fingerprint density at radius 3 is 1.87 bits per heavy atom. The van der Waals surface area contributed by atoms with Crippen molar-refractivity contribution in [2.24, 2.45) is 0 Å². The summed E-state index contributed by atoms with van der Waals surface area (Å²) in [7, 11) is 0. The van der Waals surface area contributed by atoms with Crippen molar-refractivity contribution in [3.05, 3.63) is 103 Å². The van der Waals surface area contributed by atoms with Crippen LogP contribution in [0, 0.1) is 0 Å². The van der Waals surface area contributed by atoms with Crippen LogP contribution >= 0.6 is 0 Å². The molecule has 39 heavy (non-hydrogen) atoms. The molecule has 0 fully saturated rings. The van der Waals surface area contributed by atoms with Crippen LogP contribution in [0.15, 0.2) is 97.4 Å². The summed E-state index contributed by atoms with van der Waals surface area (Å²) in [4.78, 5) is 28.5. The van der Waals surface area contributed by atoms with Crippen molar-refractivity contribution in [1.82, 2.24) is 10.3 Å². The minimum atomic E-state index is -0.708. The van der Waals surface area contributed by atoms with E-state index in [0.29, 0.717) is 24.8 Å². The molecule has 1 atom stereocenters. The Kier molecular flexibility index (Phi) is 18.5. The van der Waals surface area contributed by atoms with Crippen LogP contribution in [-0.2, 0) is 9.53 Å². The standard InChI is InChI=1S/C34H48N2O3/c1-5-6-7-8-9-10-11-12-13-14-15-16-17-18-19-20-21-22-23-26-32(37)36-30(2)28-34(3,4)39-33(38)31-25-24-27-35-29-31/h6-7,9-10,12-13,15-16,18-19,21-22,24-25,27,29-30H,5,8,11,14,17,20,23,26,28H2,1-4H3,(H,36,37)/b7-6-,10-9-,13-12-,16-15-,19-18-,22-21-. The predicted octanol–water partition coefficient (Wildman–Crippen LogP) is 8.39. The lowest BCUT2D eigenvalue weighted by atomic mass is 9.99. The van der Waals surface area contributed by atoms with Crippen molar-refractivity contribution in [2.45, 2.75) is 97.1 Å². The average Bonchev–Trinajstić information content (AvgIpc) is 2.89. The summed E-state index contributed by atoms with van der Waals surface area (Å²) in [6.45, 7) is 7.77. The number of ether oxygens (including phenoxy) is 1. The first-order valence-electron chi connectivity index (χ1n) is 14.2. The van der Waals surface area contributed by atoms with Gasteiger partial charge >= 0.3 is 5.97 Å². The highest BCUT2D eigenvalue weighted by molar-refractivity contribution is 5.89. The van der Waals surface area contributed by atoms with Gasteiger partial charge in [0.25, 0.3) is 0 Å². The van der Waals surface area contributed by atoms with E-state index in [1.54, 1.807) is 18.3 Å². The van der Waals surface area contributed by atoms with E-state index in [0.717, 1.165) is 38.5 Å². The highest BCUT2D eigenvalue weighted by Gasteiger charge is 2.26. The SMILES string of the molecule is CC/C=C\C/C=C\C/C=C\C/C=C\C/C=C\C/C=C\CCC(=O)NC(C)CC(C)(C)OC(=O)c1cccnc1. The molecule has 0 aromatic carbocycles. The van der Waals surface area contributed by atoms with E-state index in [4.69, 9.17) is 4.74 Å². The molecular weight excluding hydrogens is 484 g/mol. The van der Waals surface area contributed by atoms with Crippen molar-refractivity contribution in [3.63, 3.8) is 0 Å². The Hall–Kier alpha value is -3.47. The van der Waals surface area contributed by atoms with Crippen LogP contribution in [0.5, 0.6) is 0 Å². The van der Waals surface area contributed by atoms with Crippen molar-refractivity contribution in [3.8, 4) is 0 Å². The minimum Gasteiger partial charge on any atom is -0.456 e. The average molecular weight is 533 g/mol. The fourth-order valence-corrected chi connectivity index (χ4v) is 3.82. The third-order valence-corrected chi connectivity index (χ3v) is 5.61. The van der Waals surface area contributed by atoms with Crippen LogP contribution in [0.4, 0.5) is 0 Å². The summed E-state index contributed by atoms with van der Waals surface area (Å²) >= 11 is 0. The molecular formula is C34H48N2O3. The molecule has 0 bridgehead atoms. The molecule has 1 N–H and O–H groups in total. The molecule has 0 radical (unpaired) electrons. The fourth-order valence-electron chi connectivity index (χ4n) is 3.82. The van der Waals surface area contributed by atoms with Gasteiger partial charge in [-0.3, -0.25) is 9.78 Å². The summed E-state index contributed by atoms with van der Waals surface area (Å²) in [5.74, 6) is -0.416. The van der Waals surface area contributed by atoms with Gasteiger partial charge in [0, 0.05) is 31.3 Å². The first kappa shape index (κ1) is 33.6. The maximum Gasteiger partial charge on any atom is 0.340 e. The van der Waals surface area contributed by atoms with Gasteiger partial charge in [0.1, 0.15) is 5.60 Å². The van der Waals surface area contributed by atoms with Crippen molar-refractivity contribution < 1.29 is 14.3 Å². The zero-order chi connectivity index (χ0) is 28.6. The lowest BCUT2D eigenvalue weighted by Crippen LogP contribution is -2.40. The molecule has 1 aromatic rings. The minimum absolute atomic E-state index is 0.00332. The molecule has 0 saturated heterocycles. The number of hydrogen-bond acceptors (Lipinski definition) is 4. The van der Waals surface area contributed by atoms with Gasteiger partial charge in [0.05, 0.1) is 5.56 Å². The number of amides is 1. The molecule has 0 aliphatic rings.